The zero-order chi connectivity index (χ0) is 43.6. The molecule has 322 valence electrons. The van der Waals surface area contributed by atoms with Crippen LogP contribution in [0.5, 0.6) is 11.5 Å². The van der Waals surface area contributed by atoms with E-state index in [2.05, 4.69) is 56.9 Å². The van der Waals surface area contributed by atoms with Gasteiger partial charge in [-0.1, -0.05) is 55.3 Å². The zero-order valence-electron chi connectivity index (χ0n) is 34.8. The third-order valence-electron chi connectivity index (χ3n) is 12.2. The van der Waals surface area contributed by atoms with Gasteiger partial charge < -0.3 is 15.0 Å². The maximum absolute atomic E-state index is 14.0. The third-order valence-corrected chi connectivity index (χ3v) is 13.8. The fourth-order valence-corrected chi connectivity index (χ4v) is 9.91. The fourth-order valence-electron chi connectivity index (χ4n) is 8.79. The molecule has 4 aromatic carbocycles. The van der Waals surface area contributed by atoms with Crippen molar-refractivity contribution in [1.82, 2.24) is 14.5 Å². The SMILES string of the molecule is CC1(C)CCC(CN2CCN(c3ccc(C(=O)NS(=O)(=O)c4ccc(N[C@@H]5CCN(CC#N)C5)c([N+](=O)[O-])c4)c(Oc4cccc5c4N=CC5)c3)CC2)=C(c2ccc(Cl)cc2)C1. The molecule has 0 radical (unpaired) electrons. The number of halogens is 1. The highest BCUT2D eigenvalue weighted by atomic mass is 35.5. The number of fused-ring (bicyclic) bond motifs is 1. The number of likely N-dealkylation sites (tertiary alicyclic amines) is 1. The molecule has 16 heteroatoms. The number of rotatable bonds is 13. The molecule has 62 heavy (non-hydrogen) atoms. The molecule has 4 aromatic rings. The van der Waals surface area contributed by atoms with Crippen LogP contribution in [0.1, 0.15) is 61.0 Å². The number of ether oxygens (including phenoxy) is 1. The first kappa shape index (κ1) is 42.9. The lowest BCUT2D eigenvalue weighted by molar-refractivity contribution is -0.384. The van der Waals surface area contributed by atoms with E-state index in [4.69, 9.17) is 21.6 Å². The van der Waals surface area contributed by atoms with E-state index in [1.165, 1.54) is 28.8 Å². The summed E-state index contributed by atoms with van der Waals surface area (Å²) in [5.74, 6) is -0.392. The second-order valence-electron chi connectivity index (χ2n) is 17.1. The summed E-state index contributed by atoms with van der Waals surface area (Å²) in [6, 6.07) is 24.2. The zero-order valence-corrected chi connectivity index (χ0v) is 36.3. The monoisotopic (exact) mass is 876 g/mol. The molecular formula is C46H49ClN8O6S. The Morgan fingerprint density at radius 2 is 1.81 bits per heavy atom. The highest BCUT2D eigenvalue weighted by Crippen LogP contribution is 2.44. The second-order valence-corrected chi connectivity index (χ2v) is 19.3. The summed E-state index contributed by atoms with van der Waals surface area (Å²) in [6.45, 7) is 10.1. The number of nitrogens with zero attached hydrogens (tertiary/aromatic N) is 6. The quantitative estimate of drug-likeness (QED) is 0.0753. The largest absolute Gasteiger partial charge is 0.454 e. The average molecular weight is 877 g/mol. The van der Waals surface area contributed by atoms with Crippen molar-refractivity contribution in [2.45, 2.75) is 56.9 Å². The number of aliphatic imine (C=N–C) groups is 1. The van der Waals surface area contributed by atoms with Crippen LogP contribution in [0.25, 0.3) is 5.57 Å². The van der Waals surface area contributed by atoms with Gasteiger partial charge in [-0.15, -0.1) is 0 Å². The van der Waals surface area contributed by atoms with Gasteiger partial charge in [0.1, 0.15) is 17.1 Å². The smallest absolute Gasteiger partial charge is 0.293 e. The molecule has 0 spiro atoms. The molecule has 1 amide bonds. The number of anilines is 2. The average Bonchev–Trinajstić information content (AvgIpc) is 3.92. The Kier molecular flexibility index (Phi) is 12.4. The topological polar surface area (TPSA) is 174 Å². The molecule has 0 unspecified atom stereocenters. The van der Waals surface area contributed by atoms with E-state index in [-0.39, 0.29) is 35.0 Å². The number of hydrogen-bond donors (Lipinski definition) is 2. The van der Waals surface area contributed by atoms with Crippen LogP contribution in [0.4, 0.5) is 22.7 Å². The molecule has 14 nitrogen and oxygen atoms in total. The van der Waals surface area contributed by atoms with Gasteiger partial charge in [0, 0.05) is 87.3 Å². The Bertz CT molecular complexity index is 2600. The van der Waals surface area contributed by atoms with Gasteiger partial charge in [-0.2, -0.15) is 5.26 Å². The van der Waals surface area contributed by atoms with Crippen molar-refractivity contribution in [3.8, 4) is 17.6 Å². The minimum atomic E-state index is -4.58. The van der Waals surface area contributed by atoms with Gasteiger partial charge in [0.2, 0.25) is 0 Å². The van der Waals surface area contributed by atoms with Crippen LogP contribution in [0, 0.1) is 26.9 Å². The molecule has 2 saturated heterocycles. The van der Waals surface area contributed by atoms with Crippen LogP contribution in [0.15, 0.2) is 94.3 Å². The van der Waals surface area contributed by atoms with Gasteiger partial charge in [0.05, 0.1) is 28.0 Å². The normalized spacial score (nSPS) is 18.9. The van der Waals surface area contributed by atoms with Crippen molar-refractivity contribution < 1.29 is 22.9 Å². The van der Waals surface area contributed by atoms with Gasteiger partial charge in [0.25, 0.3) is 21.6 Å². The van der Waals surface area contributed by atoms with Crippen molar-refractivity contribution >= 4 is 62.1 Å². The third kappa shape index (κ3) is 9.64. The highest BCUT2D eigenvalue weighted by molar-refractivity contribution is 7.90. The maximum atomic E-state index is 14.0. The van der Waals surface area contributed by atoms with Crippen LogP contribution < -0.4 is 19.7 Å². The lowest BCUT2D eigenvalue weighted by Gasteiger charge is -2.39. The van der Waals surface area contributed by atoms with Crippen LogP contribution in [-0.4, -0.2) is 93.7 Å². The van der Waals surface area contributed by atoms with Gasteiger partial charge in [-0.3, -0.25) is 29.7 Å². The van der Waals surface area contributed by atoms with E-state index in [9.17, 15) is 23.3 Å². The van der Waals surface area contributed by atoms with Gasteiger partial charge in [-0.25, -0.2) is 13.1 Å². The highest BCUT2D eigenvalue weighted by Gasteiger charge is 2.31. The number of para-hydroxylation sites is 1. The summed E-state index contributed by atoms with van der Waals surface area (Å²) in [4.78, 5) is 36.2. The number of piperazine rings is 1. The first-order valence-electron chi connectivity index (χ1n) is 20.9. The minimum Gasteiger partial charge on any atom is -0.454 e. The minimum absolute atomic E-state index is 0.0339. The molecule has 3 aliphatic heterocycles. The number of nitrogens with one attached hydrogen (secondary N) is 2. The van der Waals surface area contributed by atoms with E-state index in [1.54, 1.807) is 30.5 Å². The van der Waals surface area contributed by atoms with Crippen molar-refractivity contribution in [1.29, 1.82) is 5.26 Å². The molecule has 8 rings (SSSR count). The summed E-state index contributed by atoms with van der Waals surface area (Å²) >= 11 is 6.24. The fraction of sp³-hybridized carbons (Fsp3) is 0.370. The molecule has 0 aromatic heterocycles. The number of allylic oxidation sites excluding steroid dienone is 1. The Labute approximate surface area is 367 Å². The number of nitriles is 1. The Morgan fingerprint density at radius 1 is 1.02 bits per heavy atom. The van der Waals surface area contributed by atoms with Crippen molar-refractivity contribution in [3.05, 3.63) is 116 Å². The molecule has 1 aliphatic carbocycles. The van der Waals surface area contributed by atoms with E-state index < -0.39 is 31.4 Å². The molecule has 0 saturated carbocycles. The Hall–Kier alpha value is -5.79. The Balaban J connectivity index is 1.01. The summed E-state index contributed by atoms with van der Waals surface area (Å²) in [5, 5.41) is 25.0. The van der Waals surface area contributed by atoms with E-state index in [1.807, 2.05) is 29.2 Å². The molecule has 1 atom stereocenters. The van der Waals surface area contributed by atoms with Crippen molar-refractivity contribution in [3.63, 3.8) is 0 Å². The van der Waals surface area contributed by atoms with Crippen LogP contribution in [0.3, 0.4) is 0 Å². The maximum Gasteiger partial charge on any atom is 0.293 e. The molecule has 3 heterocycles. The number of carbonyl (C=O) groups excluding carboxylic acids is 1. The van der Waals surface area contributed by atoms with Crippen molar-refractivity contribution in [2.24, 2.45) is 10.4 Å². The number of benzene rings is 4. The molecule has 2 N–H and O–H groups in total. The molecule has 2 fully saturated rings. The standard InChI is InChI=1S/C46H49ClN8O6S/c1-46(2)17-14-33(39(28-46)31-6-8-34(47)9-7-31)29-53-22-24-54(25-23-53)36-10-12-38(43(26-36)61-42-5-3-4-32-15-19-49-44(32)42)45(56)51-62(59,60)37-11-13-40(41(27-37)55(57)58)50-35-16-20-52(30-35)21-18-48/h3-13,19,26-27,35,50H,14-17,20-25,28-30H2,1-2H3,(H,51,56)/t35-/m1/s1. The number of sulfonamides is 1. The summed E-state index contributed by atoms with van der Waals surface area (Å²) in [5.41, 5.74) is 6.40. The van der Waals surface area contributed by atoms with Crippen molar-refractivity contribution in [2.75, 3.05) is 62.6 Å². The van der Waals surface area contributed by atoms with E-state index >= 15 is 0 Å². The summed E-state index contributed by atoms with van der Waals surface area (Å²) < 4.78 is 36.0. The molecule has 0 bridgehead atoms. The first-order chi connectivity index (χ1) is 29.7. The number of hydrogen-bond acceptors (Lipinski definition) is 12. The number of nitro benzene ring substituents is 1. The molecular weight excluding hydrogens is 828 g/mol. The first-order valence-corrected chi connectivity index (χ1v) is 22.7. The predicted molar refractivity (Wildman–Crippen MR) is 241 cm³/mol. The summed E-state index contributed by atoms with van der Waals surface area (Å²) in [7, 11) is -4.58. The molecule has 4 aliphatic rings. The number of nitro groups is 1. The Morgan fingerprint density at radius 3 is 2.56 bits per heavy atom. The van der Waals surface area contributed by atoms with Gasteiger partial charge in [-0.05, 0) is 90.3 Å². The lowest BCUT2D eigenvalue weighted by atomic mass is 9.72. The lowest BCUT2D eigenvalue weighted by Crippen LogP contribution is -2.47. The van der Waals surface area contributed by atoms with Crippen LogP contribution >= 0.6 is 11.6 Å². The van der Waals surface area contributed by atoms with Crippen LogP contribution in [-0.2, 0) is 16.4 Å². The number of carbonyl (C=O) groups is 1. The van der Waals surface area contributed by atoms with Gasteiger partial charge in [0.15, 0.2) is 5.75 Å². The predicted octanol–water partition coefficient (Wildman–Crippen LogP) is 8.21. The second kappa shape index (κ2) is 17.9. The van der Waals surface area contributed by atoms with E-state index in [0.29, 0.717) is 37.4 Å². The number of amides is 1. The summed E-state index contributed by atoms with van der Waals surface area (Å²) in [6.07, 6.45) is 6.28. The van der Waals surface area contributed by atoms with E-state index in [0.717, 1.165) is 74.3 Å². The van der Waals surface area contributed by atoms with Gasteiger partial charge >= 0.3 is 0 Å². The van der Waals surface area contributed by atoms with Crippen LogP contribution in [0.2, 0.25) is 5.02 Å².